The zero-order chi connectivity index (χ0) is 14.9. The predicted octanol–water partition coefficient (Wildman–Crippen LogP) is 3.87. The molecule has 0 aliphatic carbocycles. The van der Waals surface area contributed by atoms with Crippen LogP contribution in [0.2, 0.25) is 5.02 Å². The molecule has 3 nitrogen and oxygen atoms in total. The topological polar surface area (TPSA) is 37.4 Å². The van der Waals surface area contributed by atoms with Crippen LogP contribution in [-0.2, 0) is 10.0 Å². The Labute approximate surface area is 130 Å². The lowest BCUT2D eigenvalue weighted by molar-refractivity contribution is 0.396. The quantitative estimate of drug-likeness (QED) is 0.860. The van der Waals surface area contributed by atoms with Crippen LogP contribution in [0, 0.1) is 0 Å². The van der Waals surface area contributed by atoms with Gasteiger partial charge in [-0.2, -0.15) is 4.31 Å². The largest absolute Gasteiger partial charge is 0.243 e. The van der Waals surface area contributed by atoms with Crippen molar-refractivity contribution >= 4 is 21.6 Å². The van der Waals surface area contributed by atoms with E-state index < -0.39 is 10.0 Å². The van der Waals surface area contributed by atoms with Gasteiger partial charge in [-0.3, -0.25) is 0 Å². The first kappa shape index (κ1) is 14.6. The number of benzene rings is 2. The highest BCUT2D eigenvalue weighted by Gasteiger charge is 2.35. The fourth-order valence-electron chi connectivity index (χ4n) is 2.77. The van der Waals surface area contributed by atoms with Crippen LogP contribution in [-0.4, -0.2) is 19.3 Å². The number of nitrogens with zero attached hydrogens (tertiary/aromatic N) is 1. The Hall–Kier alpha value is -1.36. The van der Waals surface area contributed by atoms with Crippen LogP contribution in [0.1, 0.15) is 24.4 Å². The Balaban J connectivity index is 1.96. The van der Waals surface area contributed by atoms with Gasteiger partial charge in [0.1, 0.15) is 0 Å². The molecule has 1 saturated heterocycles. The summed E-state index contributed by atoms with van der Waals surface area (Å²) in [6.07, 6.45) is 1.72. The summed E-state index contributed by atoms with van der Waals surface area (Å²) in [6, 6.07) is 15.9. The monoisotopic (exact) mass is 321 g/mol. The molecule has 0 aromatic heterocycles. The Morgan fingerprint density at radius 1 is 1.00 bits per heavy atom. The van der Waals surface area contributed by atoms with Crippen molar-refractivity contribution in [2.24, 2.45) is 0 Å². The van der Waals surface area contributed by atoms with E-state index in [9.17, 15) is 8.42 Å². The van der Waals surface area contributed by atoms with Gasteiger partial charge in [0, 0.05) is 11.6 Å². The van der Waals surface area contributed by atoms with E-state index in [1.807, 2.05) is 30.3 Å². The van der Waals surface area contributed by atoms with Crippen molar-refractivity contribution in [3.8, 4) is 0 Å². The Morgan fingerprint density at radius 3 is 2.33 bits per heavy atom. The molecule has 3 rings (SSSR count). The Kier molecular flexibility index (Phi) is 4.02. The van der Waals surface area contributed by atoms with Gasteiger partial charge in [0.25, 0.3) is 0 Å². The molecule has 2 aromatic rings. The number of hydrogen-bond acceptors (Lipinski definition) is 2. The second kappa shape index (κ2) is 5.79. The van der Waals surface area contributed by atoms with Crippen molar-refractivity contribution in [1.29, 1.82) is 0 Å². The van der Waals surface area contributed by atoms with Crippen molar-refractivity contribution in [3.05, 3.63) is 65.2 Å². The maximum atomic E-state index is 12.8. The molecule has 0 radical (unpaired) electrons. The highest BCUT2D eigenvalue weighted by Crippen LogP contribution is 2.36. The van der Waals surface area contributed by atoms with E-state index in [1.165, 1.54) is 0 Å². The number of halogens is 1. The molecule has 0 saturated carbocycles. The van der Waals surface area contributed by atoms with Gasteiger partial charge in [-0.05, 0) is 42.7 Å². The van der Waals surface area contributed by atoms with E-state index in [2.05, 4.69) is 0 Å². The lowest BCUT2D eigenvalue weighted by Crippen LogP contribution is -2.30. The van der Waals surface area contributed by atoms with Crippen LogP contribution in [0.15, 0.2) is 59.5 Å². The van der Waals surface area contributed by atoms with Crippen LogP contribution in [0.3, 0.4) is 0 Å². The van der Waals surface area contributed by atoms with Crippen molar-refractivity contribution in [1.82, 2.24) is 4.31 Å². The first-order valence-electron chi connectivity index (χ1n) is 6.91. The summed E-state index contributed by atoms with van der Waals surface area (Å²) in [5, 5.41) is 0.661. The van der Waals surface area contributed by atoms with Gasteiger partial charge < -0.3 is 0 Å². The molecule has 1 aliphatic heterocycles. The summed E-state index contributed by atoms with van der Waals surface area (Å²) in [5.74, 6) is 0. The minimum Gasteiger partial charge on any atom is -0.207 e. The summed E-state index contributed by atoms with van der Waals surface area (Å²) in [7, 11) is -3.45. The summed E-state index contributed by atoms with van der Waals surface area (Å²) in [6.45, 7) is 0.560. The van der Waals surface area contributed by atoms with Gasteiger partial charge in [-0.25, -0.2) is 8.42 Å². The molecule has 1 unspecified atom stereocenters. The molecule has 0 amide bonds. The maximum Gasteiger partial charge on any atom is 0.243 e. The van der Waals surface area contributed by atoms with Crippen molar-refractivity contribution in [3.63, 3.8) is 0 Å². The number of sulfonamides is 1. The summed E-state index contributed by atoms with van der Waals surface area (Å²) in [5.41, 5.74) is 0.997. The van der Waals surface area contributed by atoms with Crippen LogP contribution in [0.5, 0.6) is 0 Å². The summed E-state index contributed by atoms with van der Waals surface area (Å²) < 4.78 is 27.2. The third-order valence-electron chi connectivity index (χ3n) is 3.81. The van der Waals surface area contributed by atoms with Gasteiger partial charge in [-0.1, -0.05) is 41.9 Å². The van der Waals surface area contributed by atoms with E-state index in [-0.39, 0.29) is 6.04 Å². The minimum absolute atomic E-state index is 0.104. The van der Waals surface area contributed by atoms with Gasteiger partial charge in [0.15, 0.2) is 0 Å². The molecule has 1 aliphatic rings. The lowest BCUT2D eigenvalue weighted by atomic mass is 10.1. The summed E-state index contributed by atoms with van der Waals surface area (Å²) in [4.78, 5) is 0.353. The third-order valence-corrected chi connectivity index (χ3v) is 5.98. The fourth-order valence-corrected chi connectivity index (χ4v) is 4.60. The van der Waals surface area contributed by atoms with E-state index in [0.29, 0.717) is 16.5 Å². The number of rotatable bonds is 3. The maximum absolute atomic E-state index is 12.8. The average Bonchev–Trinajstić information content (AvgIpc) is 2.99. The van der Waals surface area contributed by atoms with Gasteiger partial charge in [0.05, 0.1) is 10.9 Å². The molecule has 0 bridgehead atoms. The van der Waals surface area contributed by atoms with Crippen molar-refractivity contribution in [2.75, 3.05) is 6.54 Å². The van der Waals surface area contributed by atoms with Crippen LogP contribution in [0.4, 0.5) is 0 Å². The predicted molar refractivity (Wildman–Crippen MR) is 83.8 cm³/mol. The van der Waals surface area contributed by atoms with Gasteiger partial charge in [0.2, 0.25) is 10.0 Å². The van der Waals surface area contributed by atoms with Gasteiger partial charge in [-0.15, -0.1) is 0 Å². The standard InChI is InChI=1S/C16H16ClNO2S/c17-14-10-8-13(9-11-14)16-7-4-12-18(16)21(19,20)15-5-2-1-3-6-15/h1-3,5-6,8-11,16H,4,7,12H2. The van der Waals surface area contributed by atoms with E-state index >= 15 is 0 Å². The first-order chi connectivity index (χ1) is 10.1. The molecular formula is C16H16ClNO2S. The highest BCUT2D eigenvalue weighted by atomic mass is 35.5. The molecule has 1 fully saturated rings. The number of hydrogen-bond donors (Lipinski definition) is 0. The molecule has 0 spiro atoms. The van der Waals surface area contributed by atoms with Crippen LogP contribution < -0.4 is 0 Å². The normalized spacial score (nSPS) is 19.8. The van der Waals surface area contributed by atoms with Crippen molar-refractivity contribution in [2.45, 2.75) is 23.8 Å². The molecule has 0 N–H and O–H groups in total. The smallest absolute Gasteiger partial charge is 0.207 e. The average molecular weight is 322 g/mol. The van der Waals surface area contributed by atoms with E-state index in [4.69, 9.17) is 11.6 Å². The molecule has 1 atom stereocenters. The molecule has 2 aromatic carbocycles. The van der Waals surface area contributed by atoms with E-state index in [0.717, 1.165) is 18.4 Å². The lowest BCUT2D eigenvalue weighted by Gasteiger charge is -2.24. The molecule has 21 heavy (non-hydrogen) atoms. The molecule has 110 valence electrons. The SMILES string of the molecule is O=S(=O)(c1ccccc1)N1CCCC1c1ccc(Cl)cc1. The molecule has 1 heterocycles. The van der Waals surface area contributed by atoms with Crippen molar-refractivity contribution < 1.29 is 8.42 Å². The van der Waals surface area contributed by atoms with Crippen LogP contribution >= 0.6 is 11.6 Å². The van der Waals surface area contributed by atoms with Crippen LogP contribution in [0.25, 0.3) is 0 Å². The van der Waals surface area contributed by atoms with Gasteiger partial charge >= 0.3 is 0 Å². The molecule has 5 heteroatoms. The zero-order valence-corrected chi connectivity index (χ0v) is 13.0. The highest BCUT2D eigenvalue weighted by molar-refractivity contribution is 7.89. The Bertz CT molecular complexity index is 714. The minimum atomic E-state index is -3.45. The zero-order valence-electron chi connectivity index (χ0n) is 11.4. The second-order valence-corrected chi connectivity index (χ2v) is 7.47. The summed E-state index contributed by atoms with van der Waals surface area (Å²) >= 11 is 5.91. The second-order valence-electron chi connectivity index (χ2n) is 5.14. The van der Waals surface area contributed by atoms with E-state index in [1.54, 1.807) is 28.6 Å². The third kappa shape index (κ3) is 2.84. The Morgan fingerprint density at radius 2 is 1.67 bits per heavy atom. The fraction of sp³-hybridized carbons (Fsp3) is 0.250. The molecular weight excluding hydrogens is 306 g/mol. The first-order valence-corrected chi connectivity index (χ1v) is 8.73.